The van der Waals surface area contributed by atoms with Gasteiger partial charge >= 0.3 is 12.1 Å². The molecule has 0 saturated heterocycles. The number of hydrogen-bond donors (Lipinski definition) is 1. The lowest BCUT2D eigenvalue weighted by Crippen LogP contribution is -2.42. The summed E-state index contributed by atoms with van der Waals surface area (Å²) >= 11 is 0. The lowest BCUT2D eigenvalue weighted by atomic mass is 9.94. The van der Waals surface area contributed by atoms with Gasteiger partial charge in [0.05, 0.1) is 11.1 Å². The van der Waals surface area contributed by atoms with E-state index in [1.54, 1.807) is 46.8 Å². The number of rotatable bonds is 4. The van der Waals surface area contributed by atoms with Crippen LogP contribution in [0.15, 0.2) is 36.4 Å². The Morgan fingerprint density at radius 2 is 1.44 bits per heavy atom. The number of amides is 3. The average molecular weight is 438 g/mol. The summed E-state index contributed by atoms with van der Waals surface area (Å²) in [5, 5.41) is 2.96. The van der Waals surface area contributed by atoms with E-state index in [4.69, 9.17) is 9.57 Å². The van der Waals surface area contributed by atoms with Gasteiger partial charge in [-0.15, -0.1) is 0 Å². The molecule has 1 N–H and O–H groups in total. The number of aryl methyl sites for hydroxylation is 3. The fourth-order valence-electron chi connectivity index (χ4n) is 3.71. The van der Waals surface area contributed by atoms with Crippen LogP contribution in [0.3, 0.4) is 0 Å². The SMILES string of the molecule is Cc1cc(C)c(C(NC(=O)OC(C)(C)C)C(=O)ON2C(=O)c3ccccc3C2=O)c(C)c1. The summed E-state index contributed by atoms with van der Waals surface area (Å²) in [7, 11) is 0. The van der Waals surface area contributed by atoms with Crippen LogP contribution >= 0.6 is 0 Å². The van der Waals surface area contributed by atoms with Crippen LogP contribution in [0.1, 0.15) is 69.8 Å². The van der Waals surface area contributed by atoms with E-state index in [1.807, 2.05) is 19.1 Å². The fraction of sp³-hybridized carbons (Fsp3) is 0.333. The summed E-state index contributed by atoms with van der Waals surface area (Å²) in [6.45, 7) is 10.6. The number of hydroxylamine groups is 2. The van der Waals surface area contributed by atoms with Crippen LogP contribution < -0.4 is 5.32 Å². The molecule has 32 heavy (non-hydrogen) atoms. The van der Waals surface area contributed by atoms with Crippen LogP contribution in [0.4, 0.5) is 4.79 Å². The van der Waals surface area contributed by atoms with E-state index in [-0.39, 0.29) is 11.1 Å². The smallest absolute Gasteiger partial charge is 0.408 e. The minimum absolute atomic E-state index is 0.143. The number of ether oxygens (including phenoxy) is 1. The zero-order valence-electron chi connectivity index (χ0n) is 18.9. The van der Waals surface area contributed by atoms with E-state index in [1.165, 1.54) is 12.1 Å². The van der Waals surface area contributed by atoms with Gasteiger partial charge in [-0.2, -0.15) is 0 Å². The number of nitrogens with one attached hydrogen (secondary N) is 1. The maximum absolute atomic E-state index is 13.2. The number of imide groups is 1. The van der Waals surface area contributed by atoms with Gasteiger partial charge in [-0.1, -0.05) is 34.9 Å². The summed E-state index contributed by atoms with van der Waals surface area (Å²) in [6, 6.07) is 8.61. The first-order chi connectivity index (χ1) is 14.9. The summed E-state index contributed by atoms with van der Waals surface area (Å²) in [4.78, 5) is 56.1. The minimum atomic E-state index is -1.30. The molecule has 2 aromatic carbocycles. The van der Waals surface area contributed by atoms with Crippen molar-refractivity contribution in [1.82, 2.24) is 10.4 Å². The van der Waals surface area contributed by atoms with Gasteiger partial charge in [0, 0.05) is 0 Å². The standard InChI is InChI=1S/C24H26N2O6/c1-13-11-14(2)18(15(3)12-13)19(25-23(30)31-24(4,5)6)22(29)32-26-20(27)16-9-7-8-10-17(16)21(26)28/h7-12,19H,1-6H3,(H,25,30). The molecule has 1 atom stereocenters. The molecule has 0 spiro atoms. The maximum atomic E-state index is 13.2. The van der Waals surface area contributed by atoms with Crippen molar-refractivity contribution in [3.63, 3.8) is 0 Å². The van der Waals surface area contributed by atoms with Crippen molar-refractivity contribution in [3.8, 4) is 0 Å². The predicted octanol–water partition coefficient (Wildman–Crippen LogP) is 3.93. The number of benzene rings is 2. The molecule has 0 aliphatic carbocycles. The lowest BCUT2D eigenvalue weighted by Gasteiger charge is -2.25. The number of carbonyl (C=O) groups excluding carboxylic acids is 4. The third-order valence-corrected chi connectivity index (χ3v) is 4.86. The molecule has 1 aliphatic heterocycles. The molecular formula is C24H26N2O6. The van der Waals surface area contributed by atoms with Gasteiger partial charge in [-0.05, 0) is 70.4 Å². The second-order valence-corrected chi connectivity index (χ2v) is 8.75. The van der Waals surface area contributed by atoms with Crippen LogP contribution in [-0.2, 0) is 14.4 Å². The number of fused-ring (bicyclic) bond motifs is 1. The molecule has 8 heteroatoms. The first-order valence-electron chi connectivity index (χ1n) is 10.2. The molecular weight excluding hydrogens is 412 g/mol. The van der Waals surface area contributed by atoms with Gasteiger partial charge in [0.2, 0.25) is 0 Å². The Morgan fingerprint density at radius 3 is 1.91 bits per heavy atom. The summed E-state index contributed by atoms with van der Waals surface area (Å²) < 4.78 is 5.30. The number of nitrogens with zero attached hydrogens (tertiary/aromatic N) is 1. The van der Waals surface area contributed by atoms with Crippen LogP contribution in [0, 0.1) is 20.8 Å². The second kappa shape index (κ2) is 8.45. The van der Waals surface area contributed by atoms with Crippen LogP contribution in [0.2, 0.25) is 0 Å². The third kappa shape index (κ3) is 4.64. The number of alkyl carbamates (subject to hydrolysis) is 1. The molecule has 8 nitrogen and oxygen atoms in total. The molecule has 0 saturated carbocycles. The number of hydrogen-bond acceptors (Lipinski definition) is 6. The van der Waals surface area contributed by atoms with Crippen molar-refractivity contribution in [1.29, 1.82) is 0 Å². The minimum Gasteiger partial charge on any atom is -0.444 e. The molecule has 168 valence electrons. The van der Waals surface area contributed by atoms with E-state index in [0.717, 1.165) is 16.7 Å². The largest absolute Gasteiger partial charge is 0.444 e. The van der Waals surface area contributed by atoms with Gasteiger partial charge in [-0.3, -0.25) is 9.59 Å². The lowest BCUT2D eigenvalue weighted by molar-refractivity contribution is -0.171. The molecule has 0 bridgehead atoms. The van der Waals surface area contributed by atoms with E-state index in [9.17, 15) is 19.2 Å². The molecule has 1 heterocycles. The van der Waals surface area contributed by atoms with E-state index < -0.39 is 35.5 Å². The van der Waals surface area contributed by atoms with Crippen LogP contribution in [-0.4, -0.2) is 34.5 Å². The Kier molecular flexibility index (Phi) is 6.07. The van der Waals surface area contributed by atoms with Gasteiger partial charge < -0.3 is 14.9 Å². The Morgan fingerprint density at radius 1 is 0.938 bits per heavy atom. The average Bonchev–Trinajstić information content (AvgIpc) is 2.90. The highest BCUT2D eigenvalue weighted by atomic mass is 16.7. The monoisotopic (exact) mass is 438 g/mol. The summed E-state index contributed by atoms with van der Waals surface area (Å²) in [5.74, 6) is -2.47. The molecule has 1 unspecified atom stereocenters. The molecule has 0 fully saturated rings. The molecule has 0 aromatic heterocycles. The Hall–Kier alpha value is -3.68. The molecule has 0 radical (unpaired) electrons. The normalized spacial score (nSPS) is 14.1. The van der Waals surface area contributed by atoms with Gasteiger partial charge in [-0.25, -0.2) is 9.59 Å². The van der Waals surface area contributed by atoms with Gasteiger partial charge in [0.15, 0.2) is 6.04 Å². The van der Waals surface area contributed by atoms with Crippen molar-refractivity contribution in [2.75, 3.05) is 0 Å². The molecule has 3 rings (SSSR count). The molecule has 3 amide bonds. The van der Waals surface area contributed by atoms with E-state index in [2.05, 4.69) is 5.32 Å². The van der Waals surface area contributed by atoms with Crippen molar-refractivity contribution >= 4 is 23.9 Å². The second-order valence-electron chi connectivity index (χ2n) is 8.75. The van der Waals surface area contributed by atoms with E-state index >= 15 is 0 Å². The highest BCUT2D eigenvalue weighted by molar-refractivity contribution is 6.21. The Labute approximate surface area is 186 Å². The first-order valence-corrected chi connectivity index (χ1v) is 10.2. The summed E-state index contributed by atoms with van der Waals surface area (Å²) in [5.41, 5.74) is 2.45. The highest BCUT2D eigenvalue weighted by Crippen LogP contribution is 2.28. The quantitative estimate of drug-likeness (QED) is 0.726. The fourth-order valence-corrected chi connectivity index (χ4v) is 3.71. The topological polar surface area (TPSA) is 102 Å². The Balaban J connectivity index is 1.93. The van der Waals surface area contributed by atoms with Crippen molar-refractivity contribution in [2.24, 2.45) is 0 Å². The highest BCUT2D eigenvalue weighted by Gasteiger charge is 2.41. The number of carbonyl (C=O) groups is 4. The predicted molar refractivity (Wildman–Crippen MR) is 116 cm³/mol. The third-order valence-electron chi connectivity index (χ3n) is 4.86. The first kappa shape index (κ1) is 23.0. The zero-order chi connectivity index (χ0) is 23.8. The van der Waals surface area contributed by atoms with Crippen molar-refractivity contribution in [2.45, 2.75) is 53.2 Å². The van der Waals surface area contributed by atoms with Crippen molar-refractivity contribution in [3.05, 3.63) is 69.8 Å². The van der Waals surface area contributed by atoms with Gasteiger partial charge in [0.25, 0.3) is 11.8 Å². The maximum Gasteiger partial charge on any atom is 0.408 e. The van der Waals surface area contributed by atoms with Crippen LogP contribution in [0.5, 0.6) is 0 Å². The summed E-state index contributed by atoms with van der Waals surface area (Å²) in [6.07, 6.45) is -0.832. The van der Waals surface area contributed by atoms with Crippen molar-refractivity contribution < 1.29 is 28.8 Å². The molecule has 2 aromatic rings. The van der Waals surface area contributed by atoms with E-state index in [0.29, 0.717) is 10.6 Å². The Bertz CT molecular complexity index is 1060. The van der Waals surface area contributed by atoms with Crippen LogP contribution in [0.25, 0.3) is 0 Å². The zero-order valence-corrected chi connectivity index (χ0v) is 18.9. The molecule has 1 aliphatic rings. The van der Waals surface area contributed by atoms with Gasteiger partial charge in [0.1, 0.15) is 5.60 Å².